The molecule has 1 aromatic rings. The molecule has 2 rings (SSSR count). The second-order valence-corrected chi connectivity index (χ2v) is 5.73. The summed E-state index contributed by atoms with van der Waals surface area (Å²) in [5.41, 5.74) is 0. The number of nitrogens with one attached hydrogen (secondary N) is 2. The van der Waals surface area contributed by atoms with Crippen molar-refractivity contribution >= 4 is 11.3 Å². The van der Waals surface area contributed by atoms with E-state index in [0.717, 1.165) is 25.6 Å². The highest BCUT2D eigenvalue weighted by Gasteiger charge is 2.12. The molecule has 1 aromatic heterocycles. The van der Waals surface area contributed by atoms with E-state index in [1.165, 1.54) is 35.6 Å². The Bertz CT molecular complexity index is 303. The van der Waals surface area contributed by atoms with Crippen LogP contribution in [0.5, 0.6) is 0 Å². The van der Waals surface area contributed by atoms with Crippen LogP contribution in [0.4, 0.5) is 0 Å². The fourth-order valence-corrected chi connectivity index (χ4v) is 3.13. The van der Waals surface area contributed by atoms with Crippen molar-refractivity contribution in [3.05, 3.63) is 21.9 Å². The maximum absolute atomic E-state index is 3.54. The van der Waals surface area contributed by atoms with E-state index in [1.807, 2.05) is 11.3 Å². The zero-order chi connectivity index (χ0) is 11.2. The van der Waals surface area contributed by atoms with Gasteiger partial charge in [0.15, 0.2) is 0 Å². The van der Waals surface area contributed by atoms with Crippen LogP contribution in [0.3, 0.4) is 0 Å². The maximum atomic E-state index is 3.54. The molecule has 0 amide bonds. The van der Waals surface area contributed by atoms with E-state index in [2.05, 4.69) is 29.7 Å². The molecule has 0 aliphatic carbocycles. The molecule has 0 saturated carbocycles. The highest BCUT2D eigenvalue weighted by molar-refractivity contribution is 7.11. The van der Waals surface area contributed by atoms with Crippen molar-refractivity contribution in [2.75, 3.05) is 13.1 Å². The first-order valence-electron chi connectivity index (χ1n) is 6.40. The summed E-state index contributed by atoms with van der Waals surface area (Å²) in [6.45, 7) is 5.61. The van der Waals surface area contributed by atoms with Crippen LogP contribution in [0.2, 0.25) is 0 Å². The van der Waals surface area contributed by atoms with Gasteiger partial charge in [0.25, 0.3) is 0 Å². The Labute approximate surface area is 102 Å². The van der Waals surface area contributed by atoms with Crippen LogP contribution in [0.25, 0.3) is 0 Å². The SMILES string of the molecule is CCc1ccc(CNCCC2CCCN2)s1. The second kappa shape index (κ2) is 6.38. The number of thiophene rings is 1. The molecular weight excluding hydrogens is 216 g/mol. The monoisotopic (exact) mass is 238 g/mol. The Balaban J connectivity index is 1.60. The number of hydrogen-bond donors (Lipinski definition) is 2. The predicted molar refractivity (Wildman–Crippen MR) is 71.0 cm³/mol. The van der Waals surface area contributed by atoms with Crippen LogP contribution >= 0.6 is 11.3 Å². The van der Waals surface area contributed by atoms with E-state index in [1.54, 1.807) is 0 Å². The lowest BCUT2D eigenvalue weighted by Crippen LogP contribution is -2.26. The zero-order valence-electron chi connectivity index (χ0n) is 10.1. The Morgan fingerprint density at radius 2 is 2.31 bits per heavy atom. The van der Waals surface area contributed by atoms with Gasteiger partial charge in [-0.05, 0) is 50.9 Å². The van der Waals surface area contributed by atoms with Gasteiger partial charge in [-0.25, -0.2) is 0 Å². The van der Waals surface area contributed by atoms with Crippen molar-refractivity contribution in [3.63, 3.8) is 0 Å². The maximum Gasteiger partial charge on any atom is 0.0299 e. The van der Waals surface area contributed by atoms with Crippen molar-refractivity contribution in [2.45, 2.75) is 45.2 Å². The highest BCUT2D eigenvalue weighted by Crippen LogP contribution is 2.16. The highest BCUT2D eigenvalue weighted by atomic mass is 32.1. The molecule has 16 heavy (non-hydrogen) atoms. The molecule has 1 fully saturated rings. The molecule has 1 aliphatic rings. The average molecular weight is 238 g/mol. The molecule has 2 nitrogen and oxygen atoms in total. The summed E-state index contributed by atoms with van der Waals surface area (Å²) >= 11 is 1.94. The molecule has 0 bridgehead atoms. The van der Waals surface area contributed by atoms with Gasteiger partial charge >= 0.3 is 0 Å². The third kappa shape index (κ3) is 3.58. The first kappa shape index (κ1) is 12.1. The summed E-state index contributed by atoms with van der Waals surface area (Å²) in [7, 11) is 0. The summed E-state index contributed by atoms with van der Waals surface area (Å²) in [4.78, 5) is 2.96. The normalized spacial score (nSPS) is 20.4. The van der Waals surface area contributed by atoms with Gasteiger partial charge in [-0.2, -0.15) is 0 Å². The minimum atomic E-state index is 0.766. The van der Waals surface area contributed by atoms with Crippen molar-refractivity contribution in [3.8, 4) is 0 Å². The third-order valence-electron chi connectivity index (χ3n) is 3.20. The summed E-state index contributed by atoms with van der Waals surface area (Å²) in [6.07, 6.45) is 5.15. The first-order valence-corrected chi connectivity index (χ1v) is 7.22. The average Bonchev–Trinajstić information content (AvgIpc) is 2.95. The predicted octanol–water partition coefficient (Wildman–Crippen LogP) is 2.54. The van der Waals surface area contributed by atoms with Crippen LogP contribution < -0.4 is 10.6 Å². The summed E-state index contributed by atoms with van der Waals surface area (Å²) in [5, 5.41) is 7.07. The molecule has 1 aliphatic heterocycles. The standard InChI is InChI=1S/C13H22N2S/c1-2-12-5-6-13(16-12)10-14-9-7-11-4-3-8-15-11/h5-6,11,14-15H,2-4,7-10H2,1H3. The van der Waals surface area contributed by atoms with Gasteiger partial charge in [-0.3, -0.25) is 0 Å². The van der Waals surface area contributed by atoms with E-state index < -0.39 is 0 Å². The number of hydrogen-bond acceptors (Lipinski definition) is 3. The van der Waals surface area contributed by atoms with Crippen LogP contribution in [0.15, 0.2) is 12.1 Å². The molecule has 2 heterocycles. The van der Waals surface area contributed by atoms with E-state index >= 15 is 0 Å². The van der Waals surface area contributed by atoms with E-state index in [9.17, 15) is 0 Å². The molecule has 2 N–H and O–H groups in total. The van der Waals surface area contributed by atoms with Gasteiger partial charge in [-0.15, -0.1) is 11.3 Å². The summed E-state index contributed by atoms with van der Waals surface area (Å²) in [5.74, 6) is 0. The minimum Gasteiger partial charge on any atom is -0.314 e. The molecule has 1 saturated heterocycles. The number of aryl methyl sites for hydroxylation is 1. The smallest absolute Gasteiger partial charge is 0.0299 e. The van der Waals surface area contributed by atoms with Crippen LogP contribution in [0, 0.1) is 0 Å². The Morgan fingerprint density at radius 1 is 1.44 bits per heavy atom. The topological polar surface area (TPSA) is 24.1 Å². The van der Waals surface area contributed by atoms with Gasteiger partial charge in [0.05, 0.1) is 0 Å². The van der Waals surface area contributed by atoms with Gasteiger partial charge in [0.1, 0.15) is 0 Å². The molecule has 1 atom stereocenters. The van der Waals surface area contributed by atoms with Crippen LogP contribution in [-0.2, 0) is 13.0 Å². The minimum absolute atomic E-state index is 0.766. The molecular formula is C13H22N2S. The number of rotatable bonds is 6. The lowest BCUT2D eigenvalue weighted by molar-refractivity contribution is 0.525. The van der Waals surface area contributed by atoms with Gasteiger partial charge < -0.3 is 10.6 Å². The lowest BCUT2D eigenvalue weighted by Gasteiger charge is -2.09. The largest absolute Gasteiger partial charge is 0.314 e. The van der Waals surface area contributed by atoms with Crippen molar-refractivity contribution in [1.82, 2.24) is 10.6 Å². The Morgan fingerprint density at radius 3 is 3.00 bits per heavy atom. The molecule has 1 unspecified atom stereocenters. The van der Waals surface area contributed by atoms with Crippen LogP contribution in [-0.4, -0.2) is 19.1 Å². The lowest BCUT2D eigenvalue weighted by atomic mass is 10.1. The van der Waals surface area contributed by atoms with Gasteiger partial charge in [0.2, 0.25) is 0 Å². The molecule has 0 spiro atoms. The molecule has 0 radical (unpaired) electrons. The second-order valence-electron chi connectivity index (χ2n) is 4.48. The van der Waals surface area contributed by atoms with E-state index in [0.29, 0.717) is 0 Å². The van der Waals surface area contributed by atoms with E-state index in [4.69, 9.17) is 0 Å². The first-order chi connectivity index (χ1) is 7.88. The fraction of sp³-hybridized carbons (Fsp3) is 0.692. The van der Waals surface area contributed by atoms with E-state index in [-0.39, 0.29) is 0 Å². The van der Waals surface area contributed by atoms with Crippen molar-refractivity contribution in [1.29, 1.82) is 0 Å². The quantitative estimate of drug-likeness (QED) is 0.744. The zero-order valence-corrected chi connectivity index (χ0v) is 10.9. The molecule has 0 aromatic carbocycles. The third-order valence-corrected chi connectivity index (χ3v) is 4.43. The van der Waals surface area contributed by atoms with Crippen LogP contribution in [0.1, 0.15) is 35.9 Å². The van der Waals surface area contributed by atoms with Gasteiger partial charge in [-0.1, -0.05) is 6.92 Å². The fourth-order valence-electron chi connectivity index (χ4n) is 2.20. The Kier molecular flexibility index (Phi) is 4.82. The molecule has 3 heteroatoms. The van der Waals surface area contributed by atoms with Crippen molar-refractivity contribution < 1.29 is 0 Å². The Hall–Kier alpha value is -0.380. The summed E-state index contributed by atoms with van der Waals surface area (Å²) in [6, 6.07) is 5.27. The summed E-state index contributed by atoms with van der Waals surface area (Å²) < 4.78 is 0. The van der Waals surface area contributed by atoms with Crippen molar-refractivity contribution in [2.24, 2.45) is 0 Å². The van der Waals surface area contributed by atoms with Gasteiger partial charge in [0, 0.05) is 22.3 Å². The molecule has 90 valence electrons.